The van der Waals surface area contributed by atoms with E-state index in [1.807, 2.05) is 0 Å². The number of benzene rings is 1. The minimum atomic E-state index is -0.638. The number of hydrogen-bond donors (Lipinski definition) is 1. The van der Waals surface area contributed by atoms with Gasteiger partial charge in [0.25, 0.3) is 5.91 Å². The summed E-state index contributed by atoms with van der Waals surface area (Å²) in [4.78, 5) is 22.4. The molecule has 1 N–H and O–H groups in total. The number of carbonyl (C=O) groups is 1. The molecule has 1 unspecified atom stereocenters. The van der Waals surface area contributed by atoms with Crippen molar-refractivity contribution in [3.8, 4) is 0 Å². The zero-order valence-corrected chi connectivity index (χ0v) is 11.6. The molecule has 1 aliphatic heterocycles. The molecule has 1 fully saturated rings. The van der Waals surface area contributed by atoms with Gasteiger partial charge in [-0.15, -0.1) is 0 Å². The molecule has 1 aromatic carbocycles. The highest BCUT2D eigenvalue weighted by Gasteiger charge is 2.24. The average Bonchev–Trinajstić information content (AvgIpc) is 2.45. The third kappa shape index (κ3) is 3.46. The first-order valence-corrected chi connectivity index (χ1v) is 6.76. The average molecular weight is 299 g/mol. The predicted octanol–water partition coefficient (Wildman–Crippen LogP) is 2.40. The fourth-order valence-corrected chi connectivity index (χ4v) is 2.43. The fraction of sp³-hybridized carbons (Fsp3) is 0.462. The maximum Gasteiger partial charge on any atom is 0.300 e. The molecule has 1 heterocycles. The number of rotatable bonds is 4. The van der Waals surface area contributed by atoms with Gasteiger partial charge in [0.2, 0.25) is 0 Å². The summed E-state index contributed by atoms with van der Waals surface area (Å²) < 4.78 is 5.32. The van der Waals surface area contributed by atoms with Crippen LogP contribution in [0, 0.1) is 16.0 Å². The molecule has 1 saturated heterocycles. The van der Waals surface area contributed by atoms with E-state index in [1.165, 1.54) is 18.2 Å². The Morgan fingerprint density at radius 2 is 2.35 bits per heavy atom. The molecule has 0 aromatic heterocycles. The highest BCUT2D eigenvalue weighted by atomic mass is 35.5. The molecule has 7 heteroatoms. The van der Waals surface area contributed by atoms with Crippen LogP contribution >= 0.6 is 11.6 Å². The predicted molar refractivity (Wildman–Crippen MR) is 74.0 cm³/mol. The van der Waals surface area contributed by atoms with Crippen LogP contribution in [0.5, 0.6) is 0 Å². The van der Waals surface area contributed by atoms with Gasteiger partial charge in [-0.3, -0.25) is 14.9 Å². The van der Waals surface area contributed by atoms with Crippen molar-refractivity contribution >= 4 is 23.2 Å². The lowest BCUT2D eigenvalue weighted by Crippen LogP contribution is -2.33. The minimum Gasteiger partial charge on any atom is -0.381 e. The molecule has 20 heavy (non-hydrogen) atoms. The van der Waals surface area contributed by atoms with Crippen LogP contribution < -0.4 is 5.32 Å². The van der Waals surface area contributed by atoms with Gasteiger partial charge < -0.3 is 10.1 Å². The molecule has 0 radical (unpaired) electrons. The van der Waals surface area contributed by atoms with Crippen LogP contribution in [0.3, 0.4) is 0 Å². The molecule has 0 saturated carbocycles. The van der Waals surface area contributed by atoms with E-state index >= 15 is 0 Å². The number of nitro benzene ring substituents is 1. The Kier molecular flexibility index (Phi) is 4.92. The molecular weight excluding hydrogens is 284 g/mol. The van der Waals surface area contributed by atoms with E-state index in [-0.39, 0.29) is 22.2 Å². The van der Waals surface area contributed by atoms with Crippen molar-refractivity contribution in [2.24, 2.45) is 5.92 Å². The van der Waals surface area contributed by atoms with Gasteiger partial charge in [0, 0.05) is 13.2 Å². The Morgan fingerprint density at radius 1 is 1.55 bits per heavy atom. The van der Waals surface area contributed by atoms with Crippen molar-refractivity contribution in [2.75, 3.05) is 19.8 Å². The van der Waals surface area contributed by atoms with Crippen LogP contribution in [0.1, 0.15) is 23.2 Å². The first-order chi connectivity index (χ1) is 9.59. The van der Waals surface area contributed by atoms with Crippen LogP contribution in [-0.2, 0) is 4.74 Å². The standard InChI is InChI=1S/C13H15ClN2O4/c14-11-5-1-4-10(12(11)16(18)19)13(17)15-7-9-3-2-6-20-8-9/h1,4-5,9H,2-3,6-8H2,(H,15,17). The number of ether oxygens (including phenoxy) is 1. The first-order valence-electron chi connectivity index (χ1n) is 6.38. The number of nitrogens with zero attached hydrogens (tertiary/aromatic N) is 1. The smallest absolute Gasteiger partial charge is 0.300 e. The Hall–Kier alpha value is -1.66. The quantitative estimate of drug-likeness (QED) is 0.683. The van der Waals surface area contributed by atoms with E-state index in [2.05, 4.69) is 5.32 Å². The number of amides is 1. The van der Waals surface area contributed by atoms with E-state index in [1.54, 1.807) is 0 Å². The summed E-state index contributed by atoms with van der Waals surface area (Å²) in [7, 11) is 0. The molecule has 1 aromatic rings. The van der Waals surface area contributed by atoms with Gasteiger partial charge in [-0.1, -0.05) is 17.7 Å². The summed E-state index contributed by atoms with van der Waals surface area (Å²) in [5.41, 5.74) is -0.370. The monoisotopic (exact) mass is 298 g/mol. The molecule has 0 aliphatic carbocycles. The van der Waals surface area contributed by atoms with Crippen LogP contribution in [0.4, 0.5) is 5.69 Å². The minimum absolute atomic E-state index is 0.0146. The van der Waals surface area contributed by atoms with E-state index in [9.17, 15) is 14.9 Å². The van der Waals surface area contributed by atoms with Gasteiger partial charge in [-0.2, -0.15) is 0 Å². The molecule has 0 spiro atoms. The largest absolute Gasteiger partial charge is 0.381 e. The number of hydrogen-bond acceptors (Lipinski definition) is 4. The van der Waals surface area contributed by atoms with Gasteiger partial charge in [-0.05, 0) is 30.9 Å². The third-order valence-corrected chi connectivity index (χ3v) is 3.52. The molecule has 6 nitrogen and oxygen atoms in total. The second-order valence-electron chi connectivity index (χ2n) is 4.69. The summed E-state index contributed by atoms with van der Waals surface area (Å²) in [6.45, 7) is 1.81. The zero-order chi connectivity index (χ0) is 14.5. The SMILES string of the molecule is O=C(NCC1CCCOC1)c1cccc(Cl)c1[N+](=O)[O-]. The molecule has 2 rings (SSSR count). The van der Waals surface area contributed by atoms with Crippen LogP contribution in [0.25, 0.3) is 0 Å². The van der Waals surface area contributed by atoms with Crippen molar-refractivity contribution in [2.45, 2.75) is 12.8 Å². The van der Waals surface area contributed by atoms with Crippen LogP contribution in [0.15, 0.2) is 18.2 Å². The van der Waals surface area contributed by atoms with E-state index < -0.39 is 10.8 Å². The van der Waals surface area contributed by atoms with Gasteiger partial charge in [0.05, 0.1) is 11.5 Å². The Labute approximate surface area is 121 Å². The van der Waals surface area contributed by atoms with E-state index in [4.69, 9.17) is 16.3 Å². The van der Waals surface area contributed by atoms with Gasteiger partial charge in [-0.25, -0.2) is 0 Å². The highest BCUT2D eigenvalue weighted by molar-refractivity contribution is 6.33. The van der Waals surface area contributed by atoms with Gasteiger partial charge in [0.15, 0.2) is 0 Å². The maximum absolute atomic E-state index is 12.0. The third-order valence-electron chi connectivity index (χ3n) is 3.22. The second-order valence-corrected chi connectivity index (χ2v) is 5.09. The molecule has 0 bridgehead atoms. The lowest BCUT2D eigenvalue weighted by Gasteiger charge is -2.22. The van der Waals surface area contributed by atoms with E-state index in [0.29, 0.717) is 13.2 Å². The number of halogens is 1. The molecular formula is C13H15ClN2O4. The molecule has 1 amide bonds. The number of para-hydroxylation sites is 1. The van der Waals surface area contributed by atoms with Crippen LogP contribution in [0.2, 0.25) is 5.02 Å². The zero-order valence-electron chi connectivity index (χ0n) is 10.8. The summed E-state index contributed by atoms with van der Waals surface area (Å²) in [5.74, 6) is -0.226. The Morgan fingerprint density at radius 3 is 3.00 bits per heavy atom. The summed E-state index contributed by atoms with van der Waals surface area (Å²) >= 11 is 5.78. The number of carbonyl (C=O) groups excluding carboxylic acids is 1. The van der Waals surface area contributed by atoms with Crippen molar-refractivity contribution < 1.29 is 14.5 Å². The topological polar surface area (TPSA) is 81.5 Å². The summed E-state index contributed by atoms with van der Waals surface area (Å²) in [5, 5.41) is 13.6. The summed E-state index contributed by atoms with van der Waals surface area (Å²) in [6, 6.07) is 4.32. The fourth-order valence-electron chi connectivity index (χ4n) is 2.18. The number of nitrogens with one attached hydrogen (secondary N) is 1. The first kappa shape index (κ1) is 14.7. The van der Waals surface area contributed by atoms with Gasteiger partial charge >= 0.3 is 5.69 Å². The van der Waals surface area contributed by atoms with Crippen molar-refractivity contribution in [3.05, 3.63) is 38.9 Å². The normalized spacial score (nSPS) is 18.6. The van der Waals surface area contributed by atoms with Gasteiger partial charge in [0.1, 0.15) is 10.6 Å². The van der Waals surface area contributed by atoms with E-state index in [0.717, 1.165) is 19.4 Å². The van der Waals surface area contributed by atoms with Crippen LogP contribution in [-0.4, -0.2) is 30.6 Å². The highest BCUT2D eigenvalue weighted by Crippen LogP contribution is 2.28. The Balaban J connectivity index is 2.05. The molecule has 1 atom stereocenters. The lowest BCUT2D eigenvalue weighted by molar-refractivity contribution is -0.385. The van der Waals surface area contributed by atoms with Crippen molar-refractivity contribution in [1.29, 1.82) is 0 Å². The number of nitro groups is 1. The molecule has 1 aliphatic rings. The summed E-state index contributed by atoms with van der Waals surface area (Å²) in [6.07, 6.45) is 1.95. The molecule has 108 valence electrons. The second kappa shape index (κ2) is 6.67. The maximum atomic E-state index is 12.0. The van der Waals surface area contributed by atoms with Crippen molar-refractivity contribution in [1.82, 2.24) is 5.32 Å². The van der Waals surface area contributed by atoms with Crippen molar-refractivity contribution in [3.63, 3.8) is 0 Å². The lowest BCUT2D eigenvalue weighted by atomic mass is 10.0. The Bertz CT molecular complexity index is 515.